The number of ether oxygens (including phenoxy) is 1. The molecular formula is C18H14FNO3. The number of nitrogens with two attached hydrogens (primary N) is 1. The molecule has 0 bridgehead atoms. The Bertz CT molecular complexity index is 922. The molecule has 0 saturated heterocycles. The van der Waals surface area contributed by atoms with Crippen LogP contribution in [-0.2, 0) is 0 Å². The van der Waals surface area contributed by atoms with Crippen molar-refractivity contribution in [3.63, 3.8) is 0 Å². The number of carboxylic acids is 1. The second-order valence-electron chi connectivity index (χ2n) is 5.06. The Morgan fingerprint density at radius 3 is 2.48 bits per heavy atom. The van der Waals surface area contributed by atoms with Gasteiger partial charge in [0, 0.05) is 16.3 Å². The lowest BCUT2D eigenvalue weighted by atomic mass is 9.93. The maximum Gasteiger partial charge on any atom is 0.338 e. The molecule has 3 aromatic carbocycles. The molecular weight excluding hydrogens is 297 g/mol. The number of nitrogen functional groups attached to an aromatic ring is 1. The molecule has 0 aliphatic heterocycles. The van der Waals surface area contributed by atoms with Gasteiger partial charge in [0.25, 0.3) is 0 Å². The second kappa shape index (κ2) is 5.61. The van der Waals surface area contributed by atoms with Gasteiger partial charge in [-0.3, -0.25) is 0 Å². The molecule has 3 aromatic rings. The number of methoxy groups -OCH3 is 1. The summed E-state index contributed by atoms with van der Waals surface area (Å²) in [5.41, 5.74) is 6.36. The summed E-state index contributed by atoms with van der Waals surface area (Å²) in [5, 5.41) is 10.00. The zero-order valence-electron chi connectivity index (χ0n) is 12.3. The topological polar surface area (TPSA) is 72.5 Å². The molecule has 0 aliphatic carbocycles. The third-order valence-electron chi connectivity index (χ3n) is 3.76. The molecule has 23 heavy (non-hydrogen) atoms. The van der Waals surface area contributed by atoms with Crippen molar-refractivity contribution in [1.82, 2.24) is 0 Å². The SMILES string of the molecule is COc1cccc(-c2c(N)c(C(=O)O)c3ccccc3c2F)c1. The molecule has 0 heterocycles. The number of benzene rings is 3. The highest BCUT2D eigenvalue weighted by atomic mass is 19.1. The fourth-order valence-electron chi connectivity index (χ4n) is 2.71. The number of hydrogen-bond donors (Lipinski definition) is 2. The largest absolute Gasteiger partial charge is 0.497 e. The molecule has 0 fully saturated rings. The van der Waals surface area contributed by atoms with Crippen LogP contribution in [0.15, 0.2) is 48.5 Å². The van der Waals surface area contributed by atoms with Gasteiger partial charge in [0.15, 0.2) is 0 Å². The van der Waals surface area contributed by atoms with Crippen LogP contribution >= 0.6 is 0 Å². The first kappa shape index (κ1) is 14.8. The molecule has 4 nitrogen and oxygen atoms in total. The van der Waals surface area contributed by atoms with Crippen LogP contribution in [0.4, 0.5) is 10.1 Å². The van der Waals surface area contributed by atoms with Crippen LogP contribution in [-0.4, -0.2) is 18.2 Å². The number of halogens is 1. The van der Waals surface area contributed by atoms with E-state index in [1.54, 1.807) is 48.5 Å². The van der Waals surface area contributed by atoms with Crippen molar-refractivity contribution in [1.29, 1.82) is 0 Å². The first-order valence-corrected chi connectivity index (χ1v) is 6.92. The molecule has 0 saturated carbocycles. The van der Waals surface area contributed by atoms with E-state index in [0.29, 0.717) is 11.3 Å². The van der Waals surface area contributed by atoms with Crippen molar-refractivity contribution >= 4 is 22.4 Å². The zero-order valence-corrected chi connectivity index (χ0v) is 12.3. The van der Waals surface area contributed by atoms with Crippen molar-refractivity contribution in [3.8, 4) is 16.9 Å². The summed E-state index contributed by atoms with van der Waals surface area (Å²) in [6.45, 7) is 0. The fraction of sp³-hybridized carbons (Fsp3) is 0.0556. The number of fused-ring (bicyclic) bond motifs is 1. The van der Waals surface area contributed by atoms with Crippen molar-refractivity contribution in [2.75, 3.05) is 12.8 Å². The summed E-state index contributed by atoms with van der Waals surface area (Å²) in [6, 6.07) is 13.1. The van der Waals surface area contributed by atoms with Crippen LogP contribution in [0.1, 0.15) is 10.4 Å². The van der Waals surface area contributed by atoms with Gasteiger partial charge < -0.3 is 15.6 Å². The Morgan fingerprint density at radius 1 is 1.13 bits per heavy atom. The molecule has 0 radical (unpaired) electrons. The van der Waals surface area contributed by atoms with Crippen molar-refractivity contribution in [3.05, 3.63) is 59.9 Å². The van der Waals surface area contributed by atoms with E-state index in [1.165, 1.54) is 7.11 Å². The van der Waals surface area contributed by atoms with Crippen LogP contribution in [0.3, 0.4) is 0 Å². The number of carboxylic acid groups (broad SMARTS) is 1. The molecule has 0 spiro atoms. The van der Waals surface area contributed by atoms with E-state index in [9.17, 15) is 14.3 Å². The molecule has 0 unspecified atom stereocenters. The van der Waals surface area contributed by atoms with Crippen LogP contribution in [0.2, 0.25) is 0 Å². The van der Waals surface area contributed by atoms with E-state index in [4.69, 9.17) is 10.5 Å². The Hall–Kier alpha value is -3.08. The number of hydrogen-bond acceptors (Lipinski definition) is 3. The Kier molecular flexibility index (Phi) is 3.62. The third-order valence-corrected chi connectivity index (χ3v) is 3.76. The highest BCUT2D eigenvalue weighted by Gasteiger charge is 2.22. The van der Waals surface area contributed by atoms with Gasteiger partial charge >= 0.3 is 5.97 Å². The molecule has 0 atom stereocenters. The Balaban J connectivity index is 2.43. The quantitative estimate of drug-likeness (QED) is 0.719. The average molecular weight is 311 g/mol. The van der Waals surface area contributed by atoms with Crippen LogP contribution in [0, 0.1) is 5.82 Å². The molecule has 5 heteroatoms. The molecule has 3 rings (SSSR count). The highest BCUT2D eigenvalue weighted by Crippen LogP contribution is 2.38. The Morgan fingerprint density at radius 2 is 1.83 bits per heavy atom. The summed E-state index contributed by atoms with van der Waals surface area (Å²) < 4.78 is 20.1. The second-order valence-corrected chi connectivity index (χ2v) is 5.06. The molecule has 116 valence electrons. The van der Waals surface area contributed by atoms with Gasteiger partial charge in [0.2, 0.25) is 0 Å². The summed E-state index contributed by atoms with van der Waals surface area (Å²) >= 11 is 0. The van der Waals surface area contributed by atoms with Gasteiger partial charge in [-0.2, -0.15) is 0 Å². The monoisotopic (exact) mass is 311 g/mol. The van der Waals surface area contributed by atoms with Crippen LogP contribution in [0.25, 0.3) is 21.9 Å². The smallest absolute Gasteiger partial charge is 0.338 e. The highest BCUT2D eigenvalue weighted by molar-refractivity contribution is 6.12. The normalized spacial score (nSPS) is 10.7. The first-order valence-electron chi connectivity index (χ1n) is 6.92. The predicted octanol–water partition coefficient (Wildman–Crippen LogP) is 3.93. The lowest BCUT2D eigenvalue weighted by molar-refractivity contribution is 0.0700. The van der Waals surface area contributed by atoms with Crippen LogP contribution < -0.4 is 10.5 Å². The summed E-state index contributed by atoms with van der Waals surface area (Å²) in [7, 11) is 1.50. The molecule has 0 aromatic heterocycles. The minimum absolute atomic E-state index is 0.0694. The van der Waals surface area contributed by atoms with Crippen molar-refractivity contribution in [2.45, 2.75) is 0 Å². The fourth-order valence-corrected chi connectivity index (χ4v) is 2.71. The van der Waals surface area contributed by atoms with Crippen LogP contribution in [0.5, 0.6) is 5.75 Å². The van der Waals surface area contributed by atoms with E-state index < -0.39 is 11.8 Å². The lowest BCUT2D eigenvalue weighted by Gasteiger charge is -2.15. The number of aromatic carboxylic acids is 1. The van der Waals surface area contributed by atoms with E-state index >= 15 is 0 Å². The maximum absolute atomic E-state index is 15.0. The minimum Gasteiger partial charge on any atom is -0.497 e. The maximum atomic E-state index is 15.0. The molecule has 0 amide bonds. The van der Waals surface area contributed by atoms with Crippen molar-refractivity contribution < 1.29 is 19.0 Å². The first-order chi connectivity index (χ1) is 11.0. The predicted molar refractivity (Wildman–Crippen MR) is 87.3 cm³/mol. The Labute approximate surface area is 131 Å². The van der Waals surface area contributed by atoms with E-state index in [0.717, 1.165) is 0 Å². The summed E-state index contributed by atoms with van der Waals surface area (Å²) in [4.78, 5) is 11.6. The lowest BCUT2D eigenvalue weighted by Crippen LogP contribution is -2.07. The molecule has 0 aliphatic rings. The van der Waals surface area contributed by atoms with Crippen molar-refractivity contribution in [2.24, 2.45) is 0 Å². The summed E-state index contributed by atoms with van der Waals surface area (Å²) in [5.74, 6) is -1.20. The van der Waals surface area contributed by atoms with Gasteiger partial charge in [-0.25, -0.2) is 9.18 Å². The zero-order chi connectivity index (χ0) is 16.6. The van der Waals surface area contributed by atoms with E-state index in [1.807, 2.05) is 0 Å². The minimum atomic E-state index is -1.19. The number of rotatable bonds is 3. The number of anilines is 1. The van der Waals surface area contributed by atoms with Gasteiger partial charge in [-0.15, -0.1) is 0 Å². The van der Waals surface area contributed by atoms with E-state index in [2.05, 4.69) is 0 Å². The third kappa shape index (κ3) is 2.36. The van der Waals surface area contributed by atoms with E-state index in [-0.39, 0.29) is 27.6 Å². The number of carbonyl (C=O) groups is 1. The van der Waals surface area contributed by atoms with Gasteiger partial charge in [0.1, 0.15) is 11.6 Å². The standard InChI is InChI=1S/C18H14FNO3/c1-23-11-6-4-5-10(9-11)14-16(19)13-8-3-2-7-12(13)15(17(14)20)18(21)22/h2-9H,20H2,1H3,(H,21,22). The molecule has 3 N–H and O–H groups in total. The van der Waals surface area contributed by atoms with Gasteiger partial charge in [-0.05, 0) is 17.7 Å². The summed E-state index contributed by atoms with van der Waals surface area (Å²) in [6.07, 6.45) is 0. The van der Waals surface area contributed by atoms with Gasteiger partial charge in [-0.1, -0.05) is 36.4 Å². The average Bonchev–Trinajstić information content (AvgIpc) is 2.55. The van der Waals surface area contributed by atoms with Gasteiger partial charge in [0.05, 0.1) is 18.4 Å².